The molecule has 2 unspecified atom stereocenters. The van der Waals surface area contributed by atoms with Gasteiger partial charge in [-0.2, -0.15) is 0 Å². The van der Waals surface area contributed by atoms with Gasteiger partial charge in [-0.05, 0) is 17.5 Å². The van der Waals surface area contributed by atoms with E-state index in [0.717, 1.165) is 6.42 Å². The zero-order valence-electron chi connectivity index (χ0n) is 20.3. The Morgan fingerprint density at radius 1 is 0.710 bits per heavy atom. The third-order valence-electron chi connectivity index (χ3n) is 6.40. The van der Waals surface area contributed by atoms with Crippen molar-refractivity contribution in [3.05, 3.63) is 71.8 Å². The van der Waals surface area contributed by atoms with Crippen molar-refractivity contribution in [2.45, 2.75) is 109 Å². The normalized spacial score (nSPS) is 14.5. The maximum Gasteiger partial charge on any atom is 0.0607 e. The molecule has 0 heterocycles. The standard InChI is InChI=1S/C29H46N2/c1-4-5-6-7-8-9-10-11-12-19-24-29(30,27-22-17-14-18-23-27)28(31-25(2)3)26-20-15-13-16-21-26/h13-18,20-23,25,28,31H,4-12,19,24,30H2,1-3H3. The van der Waals surface area contributed by atoms with E-state index in [1.165, 1.54) is 75.3 Å². The van der Waals surface area contributed by atoms with Gasteiger partial charge in [0, 0.05) is 6.04 Å². The van der Waals surface area contributed by atoms with Crippen molar-refractivity contribution < 1.29 is 0 Å². The quantitative estimate of drug-likeness (QED) is 0.270. The number of hydrogen-bond donors (Lipinski definition) is 2. The molecule has 0 saturated heterocycles. The van der Waals surface area contributed by atoms with Gasteiger partial charge in [-0.25, -0.2) is 0 Å². The average Bonchev–Trinajstić information content (AvgIpc) is 2.79. The van der Waals surface area contributed by atoms with Gasteiger partial charge in [0.2, 0.25) is 0 Å². The van der Waals surface area contributed by atoms with Crippen molar-refractivity contribution in [2.24, 2.45) is 5.73 Å². The first-order valence-corrected chi connectivity index (χ1v) is 12.7. The van der Waals surface area contributed by atoms with Crippen molar-refractivity contribution in [3.63, 3.8) is 0 Å². The van der Waals surface area contributed by atoms with Gasteiger partial charge in [-0.1, -0.05) is 146 Å². The van der Waals surface area contributed by atoms with Crippen molar-refractivity contribution in [2.75, 3.05) is 0 Å². The maximum absolute atomic E-state index is 7.29. The summed E-state index contributed by atoms with van der Waals surface area (Å²) in [6.45, 7) is 6.70. The van der Waals surface area contributed by atoms with Crippen LogP contribution in [-0.2, 0) is 5.54 Å². The van der Waals surface area contributed by atoms with Crippen molar-refractivity contribution in [1.82, 2.24) is 5.32 Å². The molecule has 2 atom stereocenters. The molecule has 0 saturated carbocycles. The largest absolute Gasteiger partial charge is 0.320 e. The molecule has 2 rings (SSSR count). The molecule has 2 aromatic rings. The summed E-state index contributed by atoms with van der Waals surface area (Å²) in [5, 5.41) is 3.80. The van der Waals surface area contributed by atoms with E-state index >= 15 is 0 Å². The highest BCUT2D eigenvalue weighted by Crippen LogP contribution is 2.38. The van der Waals surface area contributed by atoms with Crippen LogP contribution in [-0.4, -0.2) is 6.04 Å². The lowest BCUT2D eigenvalue weighted by Gasteiger charge is -2.40. The fraction of sp³-hybridized carbons (Fsp3) is 0.586. The van der Waals surface area contributed by atoms with Crippen LogP contribution >= 0.6 is 0 Å². The van der Waals surface area contributed by atoms with Crippen LogP contribution in [0, 0.1) is 0 Å². The topological polar surface area (TPSA) is 38.0 Å². The molecule has 0 aliphatic heterocycles. The van der Waals surface area contributed by atoms with Crippen molar-refractivity contribution >= 4 is 0 Å². The molecule has 172 valence electrons. The Hall–Kier alpha value is -1.64. The summed E-state index contributed by atoms with van der Waals surface area (Å²) in [5.41, 5.74) is 9.37. The van der Waals surface area contributed by atoms with E-state index < -0.39 is 5.54 Å². The van der Waals surface area contributed by atoms with Gasteiger partial charge >= 0.3 is 0 Å². The van der Waals surface area contributed by atoms with E-state index in [1.807, 2.05) is 0 Å². The summed E-state index contributed by atoms with van der Waals surface area (Å²) in [4.78, 5) is 0. The molecule has 3 N–H and O–H groups in total. The lowest BCUT2D eigenvalue weighted by Crippen LogP contribution is -2.50. The maximum atomic E-state index is 7.29. The SMILES string of the molecule is CCCCCCCCCCCCC(N)(c1ccccc1)C(NC(C)C)c1ccccc1. The molecule has 0 radical (unpaired) electrons. The minimum Gasteiger partial charge on any atom is -0.320 e. The summed E-state index contributed by atoms with van der Waals surface area (Å²) in [7, 11) is 0. The Labute approximate surface area is 192 Å². The predicted octanol–water partition coefficient (Wildman–Crippen LogP) is 7.89. The number of unbranched alkanes of at least 4 members (excludes halogenated alkanes) is 9. The zero-order chi connectivity index (χ0) is 22.4. The van der Waals surface area contributed by atoms with Gasteiger partial charge in [-0.15, -0.1) is 0 Å². The van der Waals surface area contributed by atoms with Crippen LogP contribution in [0.1, 0.15) is 109 Å². The fourth-order valence-corrected chi connectivity index (χ4v) is 4.63. The van der Waals surface area contributed by atoms with Crippen LogP contribution in [0.15, 0.2) is 60.7 Å². The Bertz CT molecular complexity index is 682. The van der Waals surface area contributed by atoms with Gasteiger partial charge in [0.25, 0.3) is 0 Å². The second kappa shape index (κ2) is 14.4. The Morgan fingerprint density at radius 3 is 1.71 bits per heavy atom. The van der Waals surface area contributed by atoms with E-state index in [-0.39, 0.29) is 6.04 Å². The highest BCUT2D eigenvalue weighted by atomic mass is 15.0. The Morgan fingerprint density at radius 2 is 1.19 bits per heavy atom. The second-order valence-electron chi connectivity index (χ2n) is 9.50. The molecule has 31 heavy (non-hydrogen) atoms. The zero-order valence-corrected chi connectivity index (χ0v) is 20.3. The van der Waals surface area contributed by atoms with Crippen LogP contribution in [0.3, 0.4) is 0 Å². The smallest absolute Gasteiger partial charge is 0.0607 e. The molecule has 0 aliphatic carbocycles. The summed E-state index contributed by atoms with van der Waals surface area (Å²) < 4.78 is 0. The third kappa shape index (κ3) is 8.79. The van der Waals surface area contributed by atoms with Gasteiger partial charge in [0.15, 0.2) is 0 Å². The summed E-state index contributed by atoms with van der Waals surface area (Å²) >= 11 is 0. The highest BCUT2D eigenvalue weighted by Gasteiger charge is 2.37. The second-order valence-corrected chi connectivity index (χ2v) is 9.50. The highest BCUT2D eigenvalue weighted by molar-refractivity contribution is 5.32. The molecule has 0 aliphatic rings. The van der Waals surface area contributed by atoms with Gasteiger partial charge in [0.1, 0.15) is 0 Å². The van der Waals surface area contributed by atoms with E-state index in [0.29, 0.717) is 6.04 Å². The molecule has 0 spiro atoms. The fourth-order valence-electron chi connectivity index (χ4n) is 4.63. The van der Waals surface area contributed by atoms with E-state index in [2.05, 4.69) is 86.8 Å². The minimum atomic E-state index is -0.424. The first-order valence-electron chi connectivity index (χ1n) is 12.7. The lowest BCUT2D eigenvalue weighted by molar-refractivity contribution is 0.260. The number of benzene rings is 2. The summed E-state index contributed by atoms with van der Waals surface area (Å²) in [5.74, 6) is 0. The van der Waals surface area contributed by atoms with Gasteiger partial charge in [-0.3, -0.25) is 0 Å². The van der Waals surface area contributed by atoms with E-state index in [1.54, 1.807) is 0 Å². The molecular weight excluding hydrogens is 376 g/mol. The van der Waals surface area contributed by atoms with Crippen molar-refractivity contribution in [1.29, 1.82) is 0 Å². The van der Waals surface area contributed by atoms with Gasteiger partial charge < -0.3 is 11.1 Å². The molecule has 0 fully saturated rings. The number of nitrogens with one attached hydrogen (secondary N) is 1. The summed E-state index contributed by atoms with van der Waals surface area (Å²) in [6.07, 6.45) is 14.5. The minimum absolute atomic E-state index is 0.0923. The third-order valence-corrected chi connectivity index (χ3v) is 6.40. The van der Waals surface area contributed by atoms with E-state index in [9.17, 15) is 0 Å². The Balaban J connectivity index is 2.00. The monoisotopic (exact) mass is 422 g/mol. The van der Waals surface area contributed by atoms with Crippen LogP contribution < -0.4 is 11.1 Å². The van der Waals surface area contributed by atoms with Gasteiger partial charge in [0.05, 0.1) is 11.6 Å². The first kappa shape index (κ1) is 25.6. The molecule has 0 amide bonds. The number of nitrogens with two attached hydrogens (primary N) is 1. The first-order chi connectivity index (χ1) is 15.1. The number of rotatable bonds is 16. The lowest BCUT2D eigenvalue weighted by atomic mass is 9.76. The molecule has 2 aromatic carbocycles. The average molecular weight is 423 g/mol. The number of hydrogen-bond acceptors (Lipinski definition) is 2. The molecule has 0 aromatic heterocycles. The van der Waals surface area contributed by atoms with E-state index in [4.69, 9.17) is 5.73 Å². The molecule has 0 bridgehead atoms. The Kier molecular flexibility index (Phi) is 11.9. The van der Waals surface area contributed by atoms with Crippen LogP contribution in [0.25, 0.3) is 0 Å². The van der Waals surface area contributed by atoms with Crippen LogP contribution in [0.4, 0.5) is 0 Å². The predicted molar refractivity (Wildman–Crippen MR) is 136 cm³/mol. The van der Waals surface area contributed by atoms with Crippen LogP contribution in [0.2, 0.25) is 0 Å². The van der Waals surface area contributed by atoms with Crippen LogP contribution in [0.5, 0.6) is 0 Å². The molecular formula is C29H46N2. The van der Waals surface area contributed by atoms with Crippen molar-refractivity contribution in [3.8, 4) is 0 Å². The molecule has 2 heteroatoms. The summed E-state index contributed by atoms with van der Waals surface area (Å²) in [6, 6.07) is 21.9. The molecule has 2 nitrogen and oxygen atoms in total.